The van der Waals surface area contributed by atoms with Crippen LogP contribution in [0.25, 0.3) is 0 Å². The first kappa shape index (κ1) is 14.5. The molecule has 2 heteroatoms. The molecule has 0 radical (unpaired) electrons. The van der Waals surface area contributed by atoms with Gasteiger partial charge < -0.3 is 10.1 Å². The fourth-order valence-electron chi connectivity index (χ4n) is 2.34. The Hall–Kier alpha value is -0.860. The molecular formula is C17H27NO. The zero-order valence-corrected chi connectivity index (χ0v) is 12.3. The van der Waals surface area contributed by atoms with Crippen molar-refractivity contribution in [3.05, 3.63) is 35.4 Å². The summed E-state index contributed by atoms with van der Waals surface area (Å²) >= 11 is 0. The summed E-state index contributed by atoms with van der Waals surface area (Å²) in [6.07, 6.45) is 5.42. The molecule has 1 aliphatic carbocycles. The molecule has 0 aromatic heterocycles. The molecule has 2 rings (SSSR count). The average molecular weight is 261 g/mol. The van der Waals surface area contributed by atoms with Gasteiger partial charge >= 0.3 is 0 Å². The van der Waals surface area contributed by atoms with E-state index in [0.29, 0.717) is 0 Å². The SMILES string of the molecule is CCCNCC(OCCC1CC1)c1cccc(C)c1. The predicted molar refractivity (Wildman–Crippen MR) is 80.4 cm³/mol. The minimum absolute atomic E-state index is 0.199. The van der Waals surface area contributed by atoms with Crippen molar-refractivity contribution in [3.63, 3.8) is 0 Å². The number of nitrogens with one attached hydrogen (secondary N) is 1. The van der Waals surface area contributed by atoms with Crippen LogP contribution in [0.5, 0.6) is 0 Å². The zero-order valence-electron chi connectivity index (χ0n) is 12.3. The second kappa shape index (κ2) is 7.66. The molecule has 0 saturated heterocycles. The van der Waals surface area contributed by atoms with E-state index in [2.05, 4.69) is 43.4 Å². The molecule has 0 amide bonds. The normalized spacial score (nSPS) is 16.5. The van der Waals surface area contributed by atoms with Crippen molar-refractivity contribution in [1.29, 1.82) is 0 Å². The van der Waals surface area contributed by atoms with Gasteiger partial charge in [-0.15, -0.1) is 0 Å². The van der Waals surface area contributed by atoms with Gasteiger partial charge in [-0.05, 0) is 37.8 Å². The second-order valence-corrected chi connectivity index (χ2v) is 5.71. The lowest BCUT2D eigenvalue weighted by atomic mass is 10.1. The third-order valence-corrected chi connectivity index (χ3v) is 3.71. The third kappa shape index (κ3) is 5.33. The van der Waals surface area contributed by atoms with Crippen molar-refractivity contribution >= 4 is 0 Å². The summed E-state index contributed by atoms with van der Waals surface area (Å²) in [5.41, 5.74) is 2.61. The minimum Gasteiger partial charge on any atom is -0.372 e. The highest BCUT2D eigenvalue weighted by atomic mass is 16.5. The van der Waals surface area contributed by atoms with Gasteiger partial charge in [-0.3, -0.25) is 0 Å². The maximum atomic E-state index is 6.12. The zero-order chi connectivity index (χ0) is 13.5. The molecule has 0 spiro atoms. The van der Waals surface area contributed by atoms with E-state index in [-0.39, 0.29) is 6.10 Å². The molecule has 1 fully saturated rings. The molecule has 1 unspecified atom stereocenters. The van der Waals surface area contributed by atoms with Crippen molar-refractivity contribution in [2.45, 2.75) is 45.6 Å². The molecule has 1 aromatic carbocycles. The summed E-state index contributed by atoms with van der Waals surface area (Å²) in [6, 6.07) is 8.70. The Labute approximate surface area is 117 Å². The molecule has 1 N–H and O–H groups in total. The number of hydrogen-bond acceptors (Lipinski definition) is 2. The maximum Gasteiger partial charge on any atom is 0.0949 e. The van der Waals surface area contributed by atoms with E-state index >= 15 is 0 Å². The molecule has 0 bridgehead atoms. The Bertz CT molecular complexity index is 373. The second-order valence-electron chi connectivity index (χ2n) is 5.71. The monoisotopic (exact) mass is 261 g/mol. The van der Waals surface area contributed by atoms with Crippen LogP contribution in [0.4, 0.5) is 0 Å². The predicted octanol–water partition coefficient (Wildman–Crippen LogP) is 3.85. The largest absolute Gasteiger partial charge is 0.372 e. The van der Waals surface area contributed by atoms with Crippen LogP contribution < -0.4 is 5.32 Å². The number of benzene rings is 1. The van der Waals surface area contributed by atoms with E-state index in [1.807, 2.05) is 0 Å². The van der Waals surface area contributed by atoms with E-state index < -0.39 is 0 Å². The van der Waals surface area contributed by atoms with Gasteiger partial charge in [0.25, 0.3) is 0 Å². The highest BCUT2D eigenvalue weighted by Gasteiger charge is 2.21. The minimum atomic E-state index is 0.199. The van der Waals surface area contributed by atoms with E-state index in [0.717, 1.165) is 25.6 Å². The van der Waals surface area contributed by atoms with Gasteiger partial charge in [0.05, 0.1) is 6.10 Å². The molecule has 1 saturated carbocycles. The van der Waals surface area contributed by atoms with Crippen LogP contribution in [0.3, 0.4) is 0 Å². The van der Waals surface area contributed by atoms with Crippen LogP contribution in [0, 0.1) is 12.8 Å². The quantitative estimate of drug-likeness (QED) is 0.682. The molecule has 2 nitrogen and oxygen atoms in total. The molecule has 1 atom stereocenters. The van der Waals surface area contributed by atoms with Crippen molar-refractivity contribution in [2.24, 2.45) is 5.92 Å². The lowest BCUT2D eigenvalue weighted by Gasteiger charge is -2.19. The molecule has 1 aliphatic rings. The van der Waals surface area contributed by atoms with Gasteiger partial charge in [-0.1, -0.05) is 49.6 Å². The summed E-state index contributed by atoms with van der Waals surface area (Å²) in [7, 11) is 0. The van der Waals surface area contributed by atoms with Crippen LogP contribution in [-0.2, 0) is 4.74 Å². The third-order valence-electron chi connectivity index (χ3n) is 3.71. The van der Waals surface area contributed by atoms with Gasteiger partial charge in [0.15, 0.2) is 0 Å². The van der Waals surface area contributed by atoms with Gasteiger partial charge in [0.1, 0.15) is 0 Å². The Morgan fingerprint density at radius 3 is 2.89 bits per heavy atom. The fraction of sp³-hybridized carbons (Fsp3) is 0.647. The standard InChI is InChI=1S/C17H27NO/c1-3-10-18-13-17(19-11-9-15-7-8-15)16-6-4-5-14(2)12-16/h4-6,12,15,17-18H,3,7-11,13H2,1-2H3. The molecule has 0 aliphatic heterocycles. The molecule has 19 heavy (non-hydrogen) atoms. The molecule has 1 aromatic rings. The summed E-state index contributed by atoms with van der Waals surface area (Å²) in [6.45, 7) is 7.22. The van der Waals surface area contributed by atoms with E-state index in [9.17, 15) is 0 Å². The summed E-state index contributed by atoms with van der Waals surface area (Å²) in [5.74, 6) is 0.946. The van der Waals surface area contributed by atoms with Crippen LogP contribution >= 0.6 is 0 Å². The summed E-state index contributed by atoms with van der Waals surface area (Å²) in [4.78, 5) is 0. The van der Waals surface area contributed by atoms with Gasteiger partial charge in [0, 0.05) is 13.2 Å². The highest BCUT2D eigenvalue weighted by Crippen LogP contribution is 2.32. The van der Waals surface area contributed by atoms with Crippen molar-refractivity contribution < 1.29 is 4.74 Å². The first-order chi connectivity index (χ1) is 9.29. The first-order valence-electron chi connectivity index (χ1n) is 7.68. The topological polar surface area (TPSA) is 21.3 Å². The van der Waals surface area contributed by atoms with Crippen LogP contribution in [0.15, 0.2) is 24.3 Å². The Balaban J connectivity index is 1.87. The maximum absolute atomic E-state index is 6.12. The summed E-state index contributed by atoms with van der Waals surface area (Å²) in [5, 5.41) is 3.48. The van der Waals surface area contributed by atoms with Crippen molar-refractivity contribution in [2.75, 3.05) is 19.7 Å². The Morgan fingerprint density at radius 2 is 2.21 bits per heavy atom. The van der Waals surface area contributed by atoms with Crippen LogP contribution in [0.1, 0.15) is 49.8 Å². The first-order valence-corrected chi connectivity index (χ1v) is 7.68. The number of ether oxygens (including phenoxy) is 1. The number of aryl methyl sites for hydroxylation is 1. The fourth-order valence-corrected chi connectivity index (χ4v) is 2.34. The van der Waals surface area contributed by atoms with E-state index in [4.69, 9.17) is 4.74 Å². The van der Waals surface area contributed by atoms with E-state index in [1.165, 1.54) is 36.8 Å². The van der Waals surface area contributed by atoms with Crippen LogP contribution in [0.2, 0.25) is 0 Å². The van der Waals surface area contributed by atoms with Gasteiger partial charge in [0.2, 0.25) is 0 Å². The van der Waals surface area contributed by atoms with Gasteiger partial charge in [-0.2, -0.15) is 0 Å². The lowest BCUT2D eigenvalue weighted by Crippen LogP contribution is -2.24. The Kier molecular flexibility index (Phi) is 5.87. The van der Waals surface area contributed by atoms with Crippen LogP contribution in [-0.4, -0.2) is 19.7 Å². The number of rotatable bonds is 9. The molecule has 0 heterocycles. The van der Waals surface area contributed by atoms with Gasteiger partial charge in [-0.25, -0.2) is 0 Å². The van der Waals surface area contributed by atoms with E-state index in [1.54, 1.807) is 0 Å². The molecular weight excluding hydrogens is 234 g/mol. The average Bonchev–Trinajstić information content (AvgIpc) is 3.21. The van der Waals surface area contributed by atoms with Crippen molar-refractivity contribution in [3.8, 4) is 0 Å². The molecule has 106 valence electrons. The number of hydrogen-bond donors (Lipinski definition) is 1. The van der Waals surface area contributed by atoms with Crippen molar-refractivity contribution in [1.82, 2.24) is 5.32 Å². The summed E-state index contributed by atoms with van der Waals surface area (Å²) < 4.78 is 6.12. The lowest BCUT2D eigenvalue weighted by molar-refractivity contribution is 0.0487. The smallest absolute Gasteiger partial charge is 0.0949 e. The Morgan fingerprint density at radius 1 is 1.37 bits per heavy atom. The highest BCUT2D eigenvalue weighted by molar-refractivity contribution is 5.24.